The maximum Gasteiger partial charge on any atom is 0.261 e. The van der Waals surface area contributed by atoms with Crippen molar-refractivity contribution in [3.8, 4) is 5.75 Å². The molecule has 0 unspecified atom stereocenters. The van der Waals surface area contributed by atoms with E-state index in [2.05, 4.69) is 42.5 Å². The van der Waals surface area contributed by atoms with Gasteiger partial charge in [-0.1, -0.05) is 33.6 Å². The van der Waals surface area contributed by atoms with E-state index in [1.54, 1.807) is 24.3 Å². The number of anilines is 1. The first-order chi connectivity index (χ1) is 11.3. The number of nitrogens with one attached hydrogen (secondary N) is 2. The molecule has 8 heteroatoms. The molecule has 2 N–H and O–H groups in total. The Hall–Kier alpha value is -1.15. The van der Waals surface area contributed by atoms with Crippen LogP contribution in [-0.2, 0) is 0 Å². The van der Waals surface area contributed by atoms with Crippen molar-refractivity contribution in [1.29, 1.82) is 0 Å². The number of benzene rings is 2. The second kappa shape index (κ2) is 8.29. The van der Waals surface area contributed by atoms with Crippen molar-refractivity contribution in [1.82, 2.24) is 5.32 Å². The van der Waals surface area contributed by atoms with Crippen LogP contribution in [0.3, 0.4) is 0 Å². The summed E-state index contributed by atoms with van der Waals surface area (Å²) in [4.78, 5) is 12.5. The van der Waals surface area contributed by atoms with Gasteiger partial charge in [-0.2, -0.15) is 0 Å². The third-order valence-electron chi connectivity index (χ3n) is 3.13. The van der Waals surface area contributed by atoms with Gasteiger partial charge < -0.3 is 10.1 Å². The number of ether oxygens (including phenoxy) is 1. The van der Waals surface area contributed by atoms with E-state index in [-0.39, 0.29) is 11.0 Å². The Kier molecular flexibility index (Phi) is 6.62. The smallest absolute Gasteiger partial charge is 0.261 e. The second-order valence-electron chi connectivity index (χ2n) is 4.84. The summed E-state index contributed by atoms with van der Waals surface area (Å²) in [5.41, 5.74) is 2.04. The molecule has 0 aliphatic rings. The number of halogens is 3. The molecule has 2 rings (SSSR count). The van der Waals surface area contributed by atoms with Crippen LogP contribution in [0.1, 0.15) is 15.9 Å². The van der Waals surface area contributed by atoms with Crippen molar-refractivity contribution >= 4 is 72.4 Å². The zero-order valence-corrected chi connectivity index (χ0v) is 17.5. The summed E-state index contributed by atoms with van der Waals surface area (Å²) in [6.07, 6.45) is 0. The summed E-state index contributed by atoms with van der Waals surface area (Å²) in [6, 6.07) is 8.84. The highest BCUT2D eigenvalue weighted by atomic mass is 79.9. The highest BCUT2D eigenvalue weighted by Crippen LogP contribution is 2.32. The molecule has 0 aromatic heterocycles. The summed E-state index contributed by atoms with van der Waals surface area (Å²) in [6.45, 7) is 1.91. The van der Waals surface area contributed by atoms with Crippen LogP contribution < -0.4 is 15.4 Å². The third-order valence-corrected chi connectivity index (χ3v) is 4.62. The number of rotatable bonds is 3. The maximum atomic E-state index is 12.5. The first-order valence-corrected chi connectivity index (χ1v) is 9.10. The maximum absolute atomic E-state index is 12.5. The molecule has 2 aromatic carbocycles. The Labute approximate surface area is 167 Å². The molecule has 0 atom stereocenters. The lowest BCUT2D eigenvalue weighted by atomic mass is 10.2. The zero-order valence-electron chi connectivity index (χ0n) is 12.7. The number of amides is 1. The summed E-state index contributed by atoms with van der Waals surface area (Å²) < 4.78 is 6.68. The average molecular weight is 493 g/mol. The lowest BCUT2D eigenvalue weighted by Crippen LogP contribution is -2.34. The van der Waals surface area contributed by atoms with Gasteiger partial charge in [0.15, 0.2) is 5.11 Å². The van der Waals surface area contributed by atoms with Crippen LogP contribution >= 0.6 is 55.7 Å². The predicted octanol–water partition coefficient (Wildman–Crippen LogP) is 5.31. The van der Waals surface area contributed by atoms with Crippen LogP contribution in [0.25, 0.3) is 0 Å². The van der Waals surface area contributed by atoms with E-state index in [4.69, 9.17) is 28.6 Å². The van der Waals surface area contributed by atoms with Crippen molar-refractivity contribution < 1.29 is 9.53 Å². The van der Waals surface area contributed by atoms with E-state index < -0.39 is 0 Å². The molecular formula is C16H13Br2ClN2O2S. The molecule has 0 bridgehead atoms. The summed E-state index contributed by atoms with van der Waals surface area (Å²) in [5, 5.41) is 6.35. The highest BCUT2D eigenvalue weighted by molar-refractivity contribution is 9.11. The normalized spacial score (nSPS) is 10.2. The van der Waals surface area contributed by atoms with E-state index in [0.717, 1.165) is 15.7 Å². The van der Waals surface area contributed by atoms with Gasteiger partial charge in [0, 0.05) is 15.2 Å². The summed E-state index contributed by atoms with van der Waals surface area (Å²) in [5.74, 6) is 0.0449. The first-order valence-electron chi connectivity index (χ1n) is 6.73. The molecule has 24 heavy (non-hydrogen) atoms. The Balaban J connectivity index is 2.18. The van der Waals surface area contributed by atoms with Gasteiger partial charge in [0.2, 0.25) is 0 Å². The number of thiocarbonyl (C=S) groups is 1. The monoisotopic (exact) mass is 490 g/mol. The Morgan fingerprint density at radius 3 is 2.62 bits per heavy atom. The van der Waals surface area contributed by atoms with Crippen LogP contribution in [0.15, 0.2) is 39.3 Å². The number of carbonyl (C=O) groups excluding carboxylic acids is 1. The van der Waals surface area contributed by atoms with E-state index in [0.29, 0.717) is 20.8 Å². The fourth-order valence-electron chi connectivity index (χ4n) is 1.99. The van der Waals surface area contributed by atoms with E-state index in [1.807, 2.05) is 13.0 Å². The third kappa shape index (κ3) is 4.69. The Morgan fingerprint density at radius 1 is 1.25 bits per heavy atom. The molecule has 0 saturated heterocycles. The molecule has 2 aromatic rings. The standard InChI is InChI=1S/C16H13Br2ClN2O2S/c1-8-3-4-10(19)7-13(8)20-16(24)21-15(22)11-5-9(17)6-12(18)14(11)23-2/h3-7H,1-2H3,(H2,20,21,22,24). The van der Waals surface area contributed by atoms with Crippen LogP contribution in [-0.4, -0.2) is 18.1 Å². The summed E-state index contributed by atoms with van der Waals surface area (Å²) in [7, 11) is 1.50. The lowest BCUT2D eigenvalue weighted by molar-refractivity contribution is 0.0974. The quantitative estimate of drug-likeness (QED) is 0.571. The fourth-order valence-corrected chi connectivity index (χ4v) is 3.75. The van der Waals surface area contributed by atoms with Crippen molar-refractivity contribution in [2.24, 2.45) is 0 Å². The number of hydrogen-bond donors (Lipinski definition) is 2. The van der Waals surface area contributed by atoms with Crippen LogP contribution in [0.5, 0.6) is 5.75 Å². The molecule has 0 aliphatic carbocycles. The van der Waals surface area contributed by atoms with Crippen molar-refractivity contribution in [2.75, 3.05) is 12.4 Å². The first kappa shape index (κ1) is 19.2. The minimum atomic E-state index is -0.383. The molecule has 0 radical (unpaired) electrons. The minimum absolute atomic E-state index is 0.170. The fraction of sp³-hybridized carbons (Fsp3) is 0.125. The lowest BCUT2D eigenvalue weighted by Gasteiger charge is -2.14. The van der Waals surface area contributed by atoms with Gasteiger partial charge in [-0.25, -0.2) is 0 Å². The number of carbonyl (C=O) groups is 1. The van der Waals surface area contributed by atoms with Crippen molar-refractivity contribution in [2.45, 2.75) is 6.92 Å². The summed E-state index contributed by atoms with van der Waals surface area (Å²) >= 11 is 17.9. The average Bonchev–Trinajstić information content (AvgIpc) is 2.50. The second-order valence-corrected chi connectivity index (χ2v) is 7.45. The van der Waals surface area contributed by atoms with E-state index in [1.165, 1.54) is 7.11 Å². The van der Waals surface area contributed by atoms with E-state index in [9.17, 15) is 4.79 Å². The predicted molar refractivity (Wildman–Crippen MR) is 108 cm³/mol. The number of aryl methyl sites for hydroxylation is 1. The van der Waals surface area contributed by atoms with Gasteiger partial charge in [-0.3, -0.25) is 10.1 Å². The molecule has 0 spiro atoms. The highest BCUT2D eigenvalue weighted by Gasteiger charge is 2.17. The Bertz CT molecular complexity index is 815. The molecule has 0 fully saturated rings. The SMILES string of the molecule is COc1c(Br)cc(Br)cc1C(=O)NC(=S)Nc1cc(Cl)ccc1C. The molecule has 4 nitrogen and oxygen atoms in total. The molecule has 126 valence electrons. The largest absolute Gasteiger partial charge is 0.495 e. The topological polar surface area (TPSA) is 50.4 Å². The van der Waals surface area contributed by atoms with Gasteiger partial charge in [-0.15, -0.1) is 0 Å². The molecule has 0 aliphatic heterocycles. The van der Waals surface area contributed by atoms with Gasteiger partial charge in [-0.05, 0) is 64.9 Å². The Morgan fingerprint density at radius 2 is 1.96 bits per heavy atom. The van der Waals surface area contributed by atoms with Crippen LogP contribution in [0, 0.1) is 6.92 Å². The molecule has 1 amide bonds. The minimum Gasteiger partial charge on any atom is -0.495 e. The van der Waals surface area contributed by atoms with Crippen molar-refractivity contribution in [3.05, 3.63) is 55.4 Å². The number of methoxy groups -OCH3 is 1. The van der Waals surface area contributed by atoms with Gasteiger partial charge in [0.1, 0.15) is 5.75 Å². The van der Waals surface area contributed by atoms with Gasteiger partial charge in [0.05, 0.1) is 17.1 Å². The van der Waals surface area contributed by atoms with E-state index >= 15 is 0 Å². The van der Waals surface area contributed by atoms with Gasteiger partial charge in [0.25, 0.3) is 5.91 Å². The zero-order chi connectivity index (χ0) is 17.9. The number of hydrogen-bond acceptors (Lipinski definition) is 3. The molecular weight excluding hydrogens is 480 g/mol. The van der Waals surface area contributed by atoms with Crippen LogP contribution in [0.4, 0.5) is 5.69 Å². The van der Waals surface area contributed by atoms with Crippen LogP contribution in [0.2, 0.25) is 5.02 Å². The van der Waals surface area contributed by atoms with Crippen molar-refractivity contribution in [3.63, 3.8) is 0 Å². The van der Waals surface area contributed by atoms with Gasteiger partial charge >= 0.3 is 0 Å². The molecule has 0 saturated carbocycles. The molecule has 0 heterocycles.